The van der Waals surface area contributed by atoms with Crippen molar-refractivity contribution in [1.29, 1.82) is 0 Å². The van der Waals surface area contributed by atoms with Gasteiger partial charge in [0.15, 0.2) is 0 Å². The Kier molecular flexibility index (Phi) is 8.36. The maximum Gasteiger partial charge on any atom is 0.220 e. The Morgan fingerprint density at radius 1 is 1.17 bits per heavy atom. The third kappa shape index (κ3) is 6.67. The predicted octanol–water partition coefficient (Wildman–Crippen LogP) is 1.97. The average molecular weight is 353 g/mol. The van der Waals surface area contributed by atoms with Crippen molar-refractivity contribution in [3.8, 4) is 0 Å². The van der Waals surface area contributed by atoms with Crippen LogP contribution in [0.25, 0.3) is 0 Å². The molecule has 24 heavy (non-hydrogen) atoms. The molecule has 5 nitrogen and oxygen atoms in total. The number of nitrogens with zero attached hydrogens (tertiary/aromatic N) is 2. The lowest BCUT2D eigenvalue weighted by Gasteiger charge is -2.36. The monoisotopic (exact) mass is 352 g/mol. The lowest BCUT2D eigenvalue weighted by atomic mass is 10.2. The Balaban J connectivity index is 1.57. The van der Waals surface area contributed by atoms with Crippen molar-refractivity contribution in [3.63, 3.8) is 0 Å². The number of benzene rings is 1. The zero-order valence-electron chi connectivity index (χ0n) is 14.6. The average Bonchev–Trinajstić information content (AvgIpc) is 2.59. The Bertz CT molecular complexity index is 504. The molecule has 1 amide bonds. The lowest BCUT2D eigenvalue weighted by Crippen LogP contribution is -2.47. The van der Waals surface area contributed by atoms with E-state index in [0.29, 0.717) is 6.42 Å². The van der Waals surface area contributed by atoms with Gasteiger partial charge < -0.3 is 15.5 Å². The topological polar surface area (TPSA) is 47.6 Å². The van der Waals surface area contributed by atoms with Crippen LogP contribution in [0.5, 0.6) is 0 Å². The molecule has 2 rings (SSSR count). The van der Waals surface area contributed by atoms with E-state index in [-0.39, 0.29) is 5.91 Å². The van der Waals surface area contributed by atoms with Gasteiger partial charge in [-0.2, -0.15) is 0 Å². The summed E-state index contributed by atoms with van der Waals surface area (Å²) < 4.78 is 0. The van der Waals surface area contributed by atoms with Gasteiger partial charge in [-0.15, -0.1) is 0 Å². The van der Waals surface area contributed by atoms with Gasteiger partial charge in [0.05, 0.1) is 0 Å². The molecular weight excluding hydrogens is 324 g/mol. The standard InChI is InChI=1S/C18H29ClN4O/c1-20-8-3-7-18(24)21-9-4-10-22-11-13-23(14-12-22)17-6-2-5-16(19)15-17/h2,5-6,15,20H,3-4,7-14H2,1H3,(H,21,24). The minimum absolute atomic E-state index is 0.163. The minimum atomic E-state index is 0.163. The molecule has 1 aromatic carbocycles. The van der Waals surface area contributed by atoms with E-state index in [2.05, 4.69) is 26.5 Å². The van der Waals surface area contributed by atoms with E-state index < -0.39 is 0 Å². The van der Waals surface area contributed by atoms with Crippen molar-refractivity contribution in [3.05, 3.63) is 29.3 Å². The Morgan fingerprint density at radius 3 is 2.67 bits per heavy atom. The summed E-state index contributed by atoms with van der Waals surface area (Å²) in [6.45, 7) is 6.87. The molecule has 0 radical (unpaired) electrons. The van der Waals surface area contributed by atoms with Crippen molar-refractivity contribution in [2.75, 3.05) is 57.8 Å². The van der Waals surface area contributed by atoms with E-state index in [1.165, 1.54) is 5.69 Å². The second-order valence-corrected chi connectivity index (χ2v) is 6.66. The molecular formula is C18H29ClN4O. The van der Waals surface area contributed by atoms with Crippen molar-refractivity contribution in [2.24, 2.45) is 0 Å². The molecule has 0 bridgehead atoms. The molecule has 0 aliphatic carbocycles. The first kappa shape index (κ1) is 19.0. The SMILES string of the molecule is CNCCCC(=O)NCCCN1CCN(c2cccc(Cl)c2)CC1. The lowest BCUT2D eigenvalue weighted by molar-refractivity contribution is -0.121. The smallest absolute Gasteiger partial charge is 0.220 e. The third-order valence-corrected chi connectivity index (χ3v) is 4.58. The highest BCUT2D eigenvalue weighted by Crippen LogP contribution is 2.20. The fourth-order valence-electron chi connectivity index (χ4n) is 2.95. The first-order valence-corrected chi connectivity index (χ1v) is 9.21. The van der Waals surface area contributed by atoms with Gasteiger partial charge in [-0.05, 0) is 51.2 Å². The van der Waals surface area contributed by atoms with Gasteiger partial charge in [-0.1, -0.05) is 17.7 Å². The van der Waals surface area contributed by atoms with Crippen LogP contribution in [-0.4, -0.2) is 63.7 Å². The van der Waals surface area contributed by atoms with Crippen LogP contribution in [0.15, 0.2) is 24.3 Å². The number of anilines is 1. The summed E-state index contributed by atoms with van der Waals surface area (Å²) in [5.41, 5.74) is 1.20. The first-order chi connectivity index (χ1) is 11.7. The maximum absolute atomic E-state index is 11.6. The van der Waals surface area contributed by atoms with Gasteiger partial charge in [0.25, 0.3) is 0 Å². The number of rotatable bonds is 9. The third-order valence-electron chi connectivity index (χ3n) is 4.35. The van der Waals surface area contributed by atoms with Crippen molar-refractivity contribution < 1.29 is 4.79 Å². The number of hydrogen-bond acceptors (Lipinski definition) is 4. The van der Waals surface area contributed by atoms with E-state index in [9.17, 15) is 4.79 Å². The van der Waals surface area contributed by atoms with Crippen molar-refractivity contribution in [1.82, 2.24) is 15.5 Å². The molecule has 2 N–H and O–H groups in total. The molecule has 0 unspecified atom stereocenters. The summed E-state index contributed by atoms with van der Waals surface area (Å²) >= 11 is 6.07. The van der Waals surface area contributed by atoms with Crippen LogP contribution >= 0.6 is 11.6 Å². The van der Waals surface area contributed by atoms with Gasteiger partial charge in [-0.25, -0.2) is 0 Å². The molecule has 1 aliphatic rings. The van der Waals surface area contributed by atoms with Gasteiger partial charge in [0, 0.05) is 49.9 Å². The minimum Gasteiger partial charge on any atom is -0.369 e. The van der Waals surface area contributed by atoms with Gasteiger partial charge in [0.2, 0.25) is 5.91 Å². The van der Waals surface area contributed by atoms with Gasteiger partial charge in [0.1, 0.15) is 0 Å². The fraction of sp³-hybridized carbons (Fsp3) is 0.611. The van der Waals surface area contributed by atoms with Crippen molar-refractivity contribution in [2.45, 2.75) is 19.3 Å². The van der Waals surface area contributed by atoms with Crippen molar-refractivity contribution >= 4 is 23.2 Å². The summed E-state index contributed by atoms with van der Waals surface area (Å²) in [7, 11) is 1.91. The number of amides is 1. The number of piperazine rings is 1. The Hall–Kier alpha value is -1.30. The summed E-state index contributed by atoms with van der Waals surface area (Å²) in [4.78, 5) is 16.5. The summed E-state index contributed by atoms with van der Waals surface area (Å²) in [5.74, 6) is 0.163. The van der Waals surface area contributed by atoms with Crippen LogP contribution in [0.1, 0.15) is 19.3 Å². The maximum atomic E-state index is 11.6. The number of halogens is 1. The second kappa shape index (κ2) is 10.5. The molecule has 0 saturated carbocycles. The summed E-state index contributed by atoms with van der Waals surface area (Å²) in [5, 5.41) is 6.85. The molecule has 1 heterocycles. The molecule has 6 heteroatoms. The number of carbonyl (C=O) groups is 1. The quantitative estimate of drug-likeness (QED) is 0.667. The summed E-state index contributed by atoms with van der Waals surface area (Å²) in [6.07, 6.45) is 2.52. The van der Waals surface area contributed by atoms with Crippen LogP contribution in [0.3, 0.4) is 0 Å². The van der Waals surface area contributed by atoms with Crippen LogP contribution in [0, 0.1) is 0 Å². The Morgan fingerprint density at radius 2 is 1.96 bits per heavy atom. The van der Waals surface area contributed by atoms with Crippen LogP contribution in [0.4, 0.5) is 5.69 Å². The normalized spacial score (nSPS) is 15.5. The van der Waals surface area contributed by atoms with Crippen LogP contribution < -0.4 is 15.5 Å². The zero-order valence-corrected chi connectivity index (χ0v) is 15.3. The van der Waals surface area contributed by atoms with E-state index in [1.807, 2.05) is 25.2 Å². The largest absolute Gasteiger partial charge is 0.369 e. The molecule has 1 fully saturated rings. The highest BCUT2D eigenvalue weighted by molar-refractivity contribution is 6.30. The number of carbonyl (C=O) groups excluding carboxylic acids is 1. The highest BCUT2D eigenvalue weighted by atomic mass is 35.5. The van der Waals surface area contributed by atoms with Crippen LogP contribution in [-0.2, 0) is 4.79 Å². The highest BCUT2D eigenvalue weighted by Gasteiger charge is 2.16. The van der Waals surface area contributed by atoms with Crippen LogP contribution in [0.2, 0.25) is 5.02 Å². The molecule has 134 valence electrons. The fourth-order valence-corrected chi connectivity index (χ4v) is 3.13. The summed E-state index contributed by atoms with van der Waals surface area (Å²) in [6, 6.07) is 8.06. The van der Waals surface area contributed by atoms with Gasteiger partial charge in [-0.3, -0.25) is 9.69 Å². The zero-order chi connectivity index (χ0) is 17.2. The molecule has 0 aromatic heterocycles. The van der Waals surface area contributed by atoms with E-state index >= 15 is 0 Å². The van der Waals surface area contributed by atoms with E-state index in [1.54, 1.807) is 0 Å². The molecule has 1 aromatic rings. The van der Waals surface area contributed by atoms with E-state index in [0.717, 1.165) is 63.7 Å². The molecule has 0 spiro atoms. The van der Waals surface area contributed by atoms with E-state index in [4.69, 9.17) is 11.6 Å². The molecule has 1 saturated heterocycles. The molecule has 0 atom stereocenters. The number of nitrogens with one attached hydrogen (secondary N) is 2. The molecule has 1 aliphatic heterocycles. The Labute approximate surface area is 150 Å². The predicted molar refractivity (Wildman–Crippen MR) is 101 cm³/mol. The second-order valence-electron chi connectivity index (χ2n) is 6.22. The first-order valence-electron chi connectivity index (χ1n) is 8.83. The number of hydrogen-bond donors (Lipinski definition) is 2. The van der Waals surface area contributed by atoms with Gasteiger partial charge >= 0.3 is 0 Å².